The number of para-hydroxylation sites is 1. The van der Waals surface area contributed by atoms with Gasteiger partial charge >= 0.3 is 6.61 Å². The highest BCUT2D eigenvalue weighted by molar-refractivity contribution is 5.96. The first-order chi connectivity index (χ1) is 11.5. The SMILES string of the molecule is CCOc1ccccc1C(=O)N(C)Cc1ccc(OC(F)F)cc1. The summed E-state index contributed by atoms with van der Waals surface area (Å²) in [6.45, 7) is -0.183. The van der Waals surface area contributed by atoms with Gasteiger partial charge in [0.15, 0.2) is 0 Å². The molecule has 0 radical (unpaired) electrons. The van der Waals surface area contributed by atoms with Gasteiger partial charge in [-0.3, -0.25) is 4.79 Å². The molecule has 24 heavy (non-hydrogen) atoms. The molecule has 6 heteroatoms. The van der Waals surface area contributed by atoms with Crippen molar-refractivity contribution in [1.29, 1.82) is 0 Å². The summed E-state index contributed by atoms with van der Waals surface area (Å²) in [5.41, 5.74) is 1.29. The predicted octanol–water partition coefficient (Wildman–Crippen LogP) is 3.96. The Morgan fingerprint density at radius 1 is 1.12 bits per heavy atom. The number of rotatable bonds is 7. The lowest BCUT2D eigenvalue weighted by Crippen LogP contribution is -2.26. The van der Waals surface area contributed by atoms with Crippen LogP contribution >= 0.6 is 0 Å². The third kappa shape index (κ3) is 4.68. The monoisotopic (exact) mass is 335 g/mol. The molecule has 0 saturated carbocycles. The van der Waals surface area contributed by atoms with Crippen LogP contribution in [-0.2, 0) is 6.54 Å². The second-order valence-corrected chi connectivity index (χ2v) is 5.11. The molecule has 0 bridgehead atoms. The maximum Gasteiger partial charge on any atom is 0.387 e. The van der Waals surface area contributed by atoms with Gasteiger partial charge in [-0.15, -0.1) is 0 Å². The Morgan fingerprint density at radius 2 is 1.79 bits per heavy atom. The molecule has 0 saturated heterocycles. The van der Waals surface area contributed by atoms with Crippen molar-refractivity contribution >= 4 is 5.91 Å². The van der Waals surface area contributed by atoms with Crippen LogP contribution in [0.2, 0.25) is 0 Å². The van der Waals surface area contributed by atoms with Crippen LogP contribution in [0.1, 0.15) is 22.8 Å². The predicted molar refractivity (Wildman–Crippen MR) is 86.5 cm³/mol. The highest BCUT2D eigenvalue weighted by Gasteiger charge is 2.16. The van der Waals surface area contributed by atoms with E-state index in [0.29, 0.717) is 24.5 Å². The summed E-state index contributed by atoms with van der Waals surface area (Å²) in [4.78, 5) is 14.1. The van der Waals surface area contributed by atoms with Crippen molar-refractivity contribution in [3.05, 3.63) is 59.7 Å². The number of hydrogen-bond acceptors (Lipinski definition) is 3. The van der Waals surface area contributed by atoms with Gasteiger partial charge in [-0.2, -0.15) is 8.78 Å². The van der Waals surface area contributed by atoms with E-state index < -0.39 is 6.61 Å². The van der Waals surface area contributed by atoms with E-state index in [1.165, 1.54) is 12.1 Å². The second kappa shape index (κ2) is 8.29. The number of alkyl halides is 2. The van der Waals surface area contributed by atoms with Crippen molar-refractivity contribution in [2.75, 3.05) is 13.7 Å². The Balaban J connectivity index is 2.06. The van der Waals surface area contributed by atoms with E-state index in [9.17, 15) is 13.6 Å². The second-order valence-electron chi connectivity index (χ2n) is 5.11. The van der Waals surface area contributed by atoms with Crippen LogP contribution in [0.15, 0.2) is 48.5 Å². The fourth-order valence-corrected chi connectivity index (χ4v) is 2.25. The zero-order valence-electron chi connectivity index (χ0n) is 13.5. The lowest BCUT2D eigenvalue weighted by atomic mass is 10.1. The van der Waals surface area contributed by atoms with Gasteiger partial charge < -0.3 is 14.4 Å². The average molecular weight is 335 g/mol. The summed E-state index contributed by atoms with van der Waals surface area (Å²) in [6, 6.07) is 13.3. The number of ether oxygens (including phenoxy) is 2. The minimum Gasteiger partial charge on any atom is -0.493 e. The smallest absolute Gasteiger partial charge is 0.387 e. The van der Waals surface area contributed by atoms with Crippen molar-refractivity contribution < 1.29 is 23.0 Å². The van der Waals surface area contributed by atoms with E-state index in [0.717, 1.165) is 5.56 Å². The number of carbonyl (C=O) groups excluding carboxylic acids is 1. The van der Waals surface area contributed by atoms with Crippen LogP contribution in [0.5, 0.6) is 11.5 Å². The third-order valence-electron chi connectivity index (χ3n) is 3.33. The number of benzene rings is 2. The number of hydrogen-bond donors (Lipinski definition) is 0. The average Bonchev–Trinajstić information content (AvgIpc) is 2.56. The van der Waals surface area contributed by atoms with Gasteiger partial charge in [0.05, 0.1) is 12.2 Å². The van der Waals surface area contributed by atoms with Gasteiger partial charge in [-0.25, -0.2) is 0 Å². The number of carbonyl (C=O) groups is 1. The fraction of sp³-hybridized carbons (Fsp3) is 0.278. The highest BCUT2D eigenvalue weighted by Crippen LogP contribution is 2.21. The first kappa shape index (κ1) is 17.7. The molecular weight excluding hydrogens is 316 g/mol. The van der Waals surface area contributed by atoms with Crippen molar-refractivity contribution in [2.45, 2.75) is 20.1 Å². The lowest BCUT2D eigenvalue weighted by molar-refractivity contribution is -0.0498. The molecule has 2 aromatic carbocycles. The molecule has 0 fully saturated rings. The van der Waals surface area contributed by atoms with Gasteiger partial charge in [-0.1, -0.05) is 24.3 Å². The van der Waals surface area contributed by atoms with Crippen molar-refractivity contribution in [3.8, 4) is 11.5 Å². The lowest BCUT2D eigenvalue weighted by Gasteiger charge is -2.19. The third-order valence-corrected chi connectivity index (χ3v) is 3.33. The van der Waals surface area contributed by atoms with Crippen LogP contribution in [0.3, 0.4) is 0 Å². The largest absolute Gasteiger partial charge is 0.493 e. The van der Waals surface area contributed by atoms with Gasteiger partial charge in [0, 0.05) is 13.6 Å². The van der Waals surface area contributed by atoms with Crippen LogP contribution in [0, 0.1) is 0 Å². The van der Waals surface area contributed by atoms with E-state index >= 15 is 0 Å². The number of nitrogens with zero attached hydrogens (tertiary/aromatic N) is 1. The molecule has 0 aliphatic carbocycles. The Kier molecular flexibility index (Phi) is 6.12. The maximum absolute atomic E-state index is 12.6. The molecule has 0 heterocycles. The Morgan fingerprint density at radius 3 is 2.42 bits per heavy atom. The normalized spacial score (nSPS) is 10.5. The van der Waals surface area contributed by atoms with Crippen molar-refractivity contribution in [3.63, 3.8) is 0 Å². The molecule has 0 aliphatic heterocycles. The van der Waals surface area contributed by atoms with Gasteiger partial charge in [0.2, 0.25) is 0 Å². The molecule has 0 unspecified atom stereocenters. The van der Waals surface area contributed by atoms with Crippen molar-refractivity contribution in [1.82, 2.24) is 4.90 Å². The molecule has 0 spiro atoms. The van der Waals surface area contributed by atoms with E-state index in [1.807, 2.05) is 13.0 Å². The molecule has 0 N–H and O–H groups in total. The standard InChI is InChI=1S/C18H19F2NO3/c1-3-23-16-7-5-4-6-15(16)17(22)21(2)12-13-8-10-14(11-9-13)24-18(19)20/h4-11,18H,3,12H2,1-2H3. The molecule has 0 atom stereocenters. The molecule has 0 aliphatic rings. The van der Waals surface area contributed by atoms with Crippen molar-refractivity contribution in [2.24, 2.45) is 0 Å². The van der Waals surface area contributed by atoms with Crippen LogP contribution in [-0.4, -0.2) is 31.1 Å². The zero-order valence-corrected chi connectivity index (χ0v) is 13.5. The molecule has 128 valence electrons. The minimum atomic E-state index is -2.85. The highest BCUT2D eigenvalue weighted by atomic mass is 19.3. The van der Waals surface area contributed by atoms with Crippen LogP contribution in [0.4, 0.5) is 8.78 Å². The Labute approximate surface area is 139 Å². The molecule has 1 amide bonds. The summed E-state index contributed by atoms with van der Waals surface area (Å²) >= 11 is 0. The molecular formula is C18H19F2NO3. The Bertz CT molecular complexity index is 674. The van der Waals surface area contributed by atoms with Gasteiger partial charge in [0.1, 0.15) is 11.5 Å². The topological polar surface area (TPSA) is 38.8 Å². The number of halogens is 2. The summed E-state index contributed by atoms with van der Waals surface area (Å²) < 4.78 is 34.1. The minimum absolute atomic E-state index is 0.0874. The van der Waals surface area contributed by atoms with E-state index in [-0.39, 0.29) is 11.7 Å². The molecule has 2 aromatic rings. The number of amides is 1. The maximum atomic E-state index is 12.6. The molecule has 4 nitrogen and oxygen atoms in total. The van der Waals surface area contributed by atoms with Crippen LogP contribution in [0.25, 0.3) is 0 Å². The van der Waals surface area contributed by atoms with Gasteiger partial charge in [-0.05, 0) is 36.8 Å². The first-order valence-electron chi connectivity index (χ1n) is 7.52. The van der Waals surface area contributed by atoms with Gasteiger partial charge in [0.25, 0.3) is 5.91 Å². The molecule has 0 aromatic heterocycles. The molecule has 2 rings (SSSR count). The first-order valence-corrected chi connectivity index (χ1v) is 7.52. The van der Waals surface area contributed by atoms with E-state index in [4.69, 9.17) is 4.74 Å². The summed E-state index contributed by atoms with van der Waals surface area (Å²) in [7, 11) is 1.68. The Hall–Kier alpha value is -2.63. The zero-order chi connectivity index (χ0) is 17.5. The van der Waals surface area contributed by atoms with E-state index in [1.54, 1.807) is 42.3 Å². The summed E-state index contributed by atoms with van der Waals surface area (Å²) in [5, 5.41) is 0. The quantitative estimate of drug-likeness (QED) is 0.769. The summed E-state index contributed by atoms with van der Waals surface area (Å²) in [6.07, 6.45) is 0. The summed E-state index contributed by atoms with van der Waals surface area (Å²) in [5.74, 6) is 0.453. The fourth-order valence-electron chi connectivity index (χ4n) is 2.25. The van der Waals surface area contributed by atoms with Crippen LogP contribution < -0.4 is 9.47 Å². The van der Waals surface area contributed by atoms with E-state index in [2.05, 4.69) is 4.74 Å².